The first kappa shape index (κ1) is 12.3. The average molecular weight is 205 g/mol. The van der Waals surface area contributed by atoms with E-state index in [0.717, 1.165) is 13.1 Å². The third-order valence-corrected chi connectivity index (χ3v) is 3.30. The Balaban J connectivity index is 2.70. The molecule has 0 saturated heterocycles. The quantitative estimate of drug-likeness (QED) is 0.776. The van der Waals surface area contributed by atoms with Gasteiger partial charge in [-0.15, -0.1) is 0 Å². The Labute approximate surface area is 93.9 Å². The molecule has 1 rings (SSSR count). The van der Waals surface area contributed by atoms with Crippen molar-refractivity contribution in [2.24, 2.45) is 5.41 Å². The highest BCUT2D eigenvalue weighted by Crippen LogP contribution is 2.34. The summed E-state index contributed by atoms with van der Waals surface area (Å²) in [5.74, 6) is 0.581. The lowest BCUT2D eigenvalue weighted by molar-refractivity contribution is 0.286. The number of hydrogen-bond donors (Lipinski definition) is 1. The molecule has 1 N–H and O–H groups in total. The van der Waals surface area contributed by atoms with E-state index in [1.807, 2.05) is 0 Å². The molecule has 0 aliphatic carbocycles. The fraction of sp³-hybridized carbons (Fsp3) is 0.571. The van der Waals surface area contributed by atoms with Crippen LogP contribution in [0.5, 0.6) is 0 Å². The molecule has 1 unspecified atom stereocenters. The molecule has 1 heteroatoms. The number of rotatable bonds is 5. The van der Waals surface area contributed by atoms with Crippen molar-refractivity contribution in [3.63, 3.8) is 0 Å². The molecule has 1 aromatic rings. The van der Waals surface area contributed by atoms with Crippen LogP contribution in [0.1, 0.15) is 39.2 Å². The van der Waals surface area contributed by atoms with Gasteiger partial charge in [-0.05, 0) is 23.4 Å². The predicted octanol–water partition coefficient (Wildman–Crippen LogP) is 3.43. The van der Waals surface area contributed by atoms with Crippen LogP contribution in [0.25, 0.3) is 0 Å². The van der Waals surface area contributed by atoms with Crippen molar-refractivity contribution in [1.82, 2.24) is 5.32 Å². The molecule has 0 aliphatic heterocycles. The normalized spacial score (nSPS) is 13.9. The maximum absolute atomic E-state index is 3.44. The van der Waals surface area contributed by atoms with Gasteiger partial charge in [0.25, 0.3) is 0 Å². The molecule has 0 spiro atoms. The first-order valence-corrected chi connectivity index (χ1v) is 5.83. The molecule has 1 aromatic carbocycles. The summed E-state index contributed by atoms with van der Waals surface area (Å²) >= 11 is 0. The van der Waals surface area contributed by atoms with Crippen LogP contribution in [0.2, 0.25) is 0 Å². The summed E-state index contributed by atoms with van der Waals surface area (Å²) < 4.78 is 0. The average Bonchev–Trinajstić information content (AvgIpc) is 2.26. The highest BCUT2D eigenvalue weighted by molar-refractivity contribution is 5.20. The molecule has 15 heavy (non-hydrogen) atoms. The monoisotopic (exact) mass is 205 g/mol. The van der Waals surface area contributed by atoms with Crippen LogP contribution in [0.3, 0.4) is 0 Å². The molecule has 0 saturated carbocycles. The zero-order valence-corrected chi connectivity index (χ0v) is 10.4. The summed E-state index contributed by atoms with van der Waals surface area (Å²) in [6, 6.07) is 10.8. The van der Waals surface area contributed by atoms with Crippen LogP contribution in [0.15, 0.2) is 30.3 Å². The smallest absolute Gasteiger partial charge is 0.000815 e. The van der Waals surface area contributed by atoms with E-state index in [2.05, 4.69) is 63.3 Å². The van der Waals surface area contributed by atoms with Gasteiger partial charge in [-0.3, -0.25) is 0 Å². The van der Waals surface area contributed by atoms with Crippen molar-refractivity contribution in [1.29, 1.82) is 0 Å². The summed E-state index contributed by atoms with van der Waals surface area (Å²) in [4.78, 5) is 0. The van der Waals surface area contributed by atoms with E-state index in [1.165, 1.54) is 5.56 Å². The molecule has 0 amide bonds. The van der Waals surface area contributed by atoms with Gasteiger partial charge in [0.05, 0.1) is 0 Å². The third kappa shape index (κ3) is 3.35. The summed E-state index contributed by atoms with van der Waals surface area (Å²) in [5.41, 5.74) is 1.73. The molecular weight excluding hydrogens is 182 g/mol. The van der Waals surface area contributed by atoms with Gasteiger partial charge < -0.3 is 5.32 Å². The van der Waals surface area contributed by atoms with Crippen LogP contribution in [-0.2, 0) is 0 Å². The molecule has 1 atom stereocenters. The Bertz CT molecular complexity index is 277. The Hall–Kier alpha value is -0.820. The van der Waals surface area contributed by atoms with Gasteiger partial charge >= 0.3 is 0 Å². The lowest BCUT2D eigenvalue weighted by atomic mass is 9.76. The molecular formula is C14H23N. The zero-order chi connectivity index (χ0) is 11.3. The van der Waals surface area contributed by atoms with Gasteiger partial charge in [0, 0.05) is 6.54 Å². The van der Waals surface area contributed by atoms with Crippen molar-refractivity contribution in [3.05, 3.63) is 35.9 Å². The van der Waals surface area contributed by atoms with Crippen molar-refractivity contribution < 1.29 is 0 Å². The van der Waals surface area contributed by atoms with E-state index in [1.54, 1.807) is 0 Å². The Morgan fingerprint density at radius 1 is 1.20 bits per heavy atom. The van der Waals surface area contributed by atoms with Gasteiger partial charge in [-0.2, -0.15) is 0 Å². The highest BCUT2D eigenvalue weighted by atomic mass is 14.9. The summed E-state index contributed by atoms with van der Waals surface area (Å²) in [7, 11) is 0. The summed E-state index contributed by atoms with van der Waals surface area (Å²) in [6.07, 6.45) is 0. The second-order valence-electron chi connectivity index (χ2n) is 4.90. The minimum atomic E-state index is 0.303. The SMILES string of the molecule is CCNCC(C)(C)C(C)c1ccccc1. The van der Waals surface area contributed by atoms with Crippen LogP contribution in [-0.4, -0.2) is 13.1 Å². The van der Waals surface area contributed by atoms with Gasteiger partial charge in [0.1, 0.15) is 0 Å². The van der Waals surface area contributed by atoms with Crippen molar-refractivity contribution in [3.8, 4) is 0 Å². The lowest BCUT2D eigenvalue weighted by Crippen LogP contribution is -2.33. The number of nitrogens with one attached hydrogen (secondary N) is 1. The first-order valence-electron chi connectivity index (χ1n) is 5.83. The Morgan fingerprint density at radius 2 is 1.80 bits per heavy atom. The van der Waals surface area contributed by atoms with E-state index in [4.69, 9.17) is 0 Å². The fourth-order valence-corrected chi connectivity index (χ4v) is 1.79. The first-order chi connectivity index (χ1) is 7.08. The van der Waals surface area contributed by atoms with Gasteiger partial charge in [-0.25, -0.2) is 0 Å². The molecule has 1 nitrogen and oxygen atoms in total. The van der Waals surface area contributed by atoms with E-state index in [0.29, 0.717) is 11.3 Å². The molecule has 0 fully saturated rings. The number of hydrogen-bond acceptors (Lipinski definition) is 1. The van der Waals surface area contributed by atoms with Gasteiger partial charge in [-0.1, -0.05) is 58.0 Å². The van der Waals surface area contributed by atoms with E-state index >= 15 is 0 Å². The van der Waals surface area contributed by atoms with E-state index < -0.39 is 0 Å². The topological polar surface area (TPSA) is 12.0 Å². The molecule has 0 radical (unpaired) electrons. The van der Waals surface area contributed by atoms with Crippen molar-refractivity contribution in [2.45, 2.75) is 33.6 Å². The Morgan fingerprint density at radius 3 is 2.33 bits per heavy atom. The molecule has 0 aliphatic rings. The fourth-order valence-electron chi connectivity index (χ4n) is 1.79. The lowest BCUT2D eigenvalue weighted by Gasteiger charge is -2.32. The summed E-state index contributed by atoms with van der Waals surface area (Å²) in [5, 5.41) is 3.44. The summed E-state index contributed by atoms with van der Waals surface area (Å²) in [6.45, 7) is 11.2. The zero-order valence-electron chi connectivity index (χ0n) is 10.4. The van der Waals surface area contributed by atoms with E-state index in [-0.39, 0.29) is 0 Å². The predicted molar refractivity (Wildman–Crippen MR) is 67.2 cm³/mol. The van der Waals surface area contributed by atoms with Gasteiger partial charge in [0.2, 0.25) is 0 Å². The molecule has 84 valence electrons. The molecule has 0 bridgehead atoms. The van der Waals surface area contributed by atoms with Crippen LogP contribution in [0, 0.1) is 5.41 Å². The highest BCUT2D eigenvalue weighted by Gasteiger charge is 2.26. The van der Waals surface area contributed by atoms with Crippen molar-refractivity contribution >= 4 is 0 Å². The second-order valence-corrected chi connectivity index (χ2v) is 4.90. The Kier molecular flexibility index (Phi) is 4.34. The largest absolute Gasteiger partial charge is 0.316 e. The van der Waals surface area contributed by atoms with Gasteiger partial charge in [0.15, 0.2) is 0 Å². The molecule has 0 aromatic heterocycles. The number of benzene rings is 1. The maximum atomic E-state index is 3.44. The van der Waals surface area contributed by atoms with E-state index in [9.17, 15) is 0 Å². The standard InChI is InChI=1S/C14H23N/c1-5-15-11-14(3,4)12(2)13-9-7-6-8-10-13/h6-10,12,15H,5,11H2,1-4H3. The molecule has 0 heterocycles. The third-order valence-electron chi connectivity index (χ3n) is 3.30. The van der Waals surface area contributed by atoms with Crippen molar-refractivity contribution in [2.75, 3.05) is 13.1 Å². The van der Waals surface area contributed by atoms with Crippen LogP contribution in [0.4, 0.5) is 0 Å². The van der Waals surface area contributed by atoms with Crippen LogP contribution >= 0.6 is 0 Å². The second kappa shape index (κ2) is 5.32. The maximum Gasteiger partial charge on any atom is 0.000815 e. The van der Waals surface area contributed by atoms with Crippen LogP contribution < -0.4 is 5.32 Å². The minimum Gasteiger partial charge on any atom is -0.316 e. The minimum absolute atomic E-state index is 0.303.